The largest absolute Gasteiger partial charge is 0.417 e. The van der Waals surface area contributed by atoms with Crippen LogP contribution in [-0.4, -0.2) is 10.9 Å². The molecule has 0 unspecified atom stereocenters. The van der Waals surface area contributed by atoms with Crippen LogP contribution in [0.3, 0.4) is 0 Å². The van der Waals surface area contributed by atoms with Crippen molar-refractivity contribution in [2.75, 3.05) is 5.32 Å². The Morgan fingerprint density at radius 3 is 2.48 bits per heavy atom. The average molecular weight is 363 g/mol. The SMILES string of the molecule is O=C(Nc1ccc(F)cn1)c1ccc(Br)cc1C(F)(F)F. The number of pyridine rings is 1. The molecule has 1 aromatic carbocycles. The second kappa shape index (κ2) is 5.80. The van der Waals surface area contributed by atoms with Crippen LogP contribution in [0, 0.1) is 5.82 Å². The van der Waals surface area contributed by atoms with Crippen molar-refractivity contribution in [3.8, 4) is 0 Å². The van der Waals surface area contributed by atoms with Crippen LogP contribution in [0.25, 0.3) is 0 Å². The Labute approximate surface area is 125 Å². The van der Waals surface area contributed by atoms with Gasteiger partial charge in [-0.1, -0.05) is 15.9 Å². The number of carbonyl (C=O) groups excluding carboxylic acids is 1. The molecule has 0 atom stereocenters. The van der Waals surface area contributed by atoms with Gasteiger partial charge in [-0.2, -0.15) is 13.2 Å². The van der Waals surface area contributed by atoms with Crippen LogP contribution in [0.15, 0.2) is 41.0 Å². The van der Waals surface area contributed by atoms with E-state index in [0.717, 1.165) is 30.5 Å². The number of rotatable bonds is 2. The van der Waals surface area contributed by atoms with E-state index in [1.165, 1.54) is 6.07 Å². The van der Waals surface area contributed by atoms with Gasteiger partial charge in [0.1, 0.15) is 11.6 Å². The first-order valence-corrected chi connectivity index (χ1v) is 6.36. The molecule has 0 aliphatic carbocycles. The number of hydrogen-bond donors (Lipinski definition) is 1. The van der Waals surface area contributed by atoms with Gasteiger partial charge < -0.3 is 5.32 Å². The molecule has 2 aromatic rings. The Balaban J connectivity index is 2.33. The van der Waals surface area contributed by atoms with Crippen LogP contribution in [0.4, 0.5) is 23.4 Å². The highest BCUT2D eigenvalue weighted by Crippen LogP contribution is 2.34. The van der Waals surface area contributed by atoms with Gasteiger partial charge in [0.2, 0.25) is 0 Å². The zero-order valence-electron chi connectivity index (χ0n) is 10.2. The van der Waals surface area contributed by atoms with Crippen molar-refractivity contribution in [1.29, 1.82) is 0 Å². The Morgan fingerprint density at radius 2 is 1.90 bits per heavy atom. The lowest BCUT2D eigenvalue weighted by Crippen LogP contribution is -2.19. The maximum absolute atomic E-state index is 12.9. The second-order valence-corrected chi connectivity index (χ2v) is 4.92. The monoisotopic (exact) mass is 362 g/mol. The second-order valence-electron chi connectivity index (χ2n) is 4.00. The lowest BCUT2D eigenvalue weighted by Gasteiger charge is -2.13. The average Bonchev–Trinajstić information content (AvgIpc) is 2.40. The predicted octanol–water partition coefficient (Wildman–Crippen LogP) is 4.25. The van der Waals surface area contributed by atoms with Crippen LogP contribution >= 0.6 is 15.9 Å². The van der Waals surface area contributed by atoms with E-state index in [1.54, 1.807) is 0 Å². The molecule has 1 N–H and O–H groups in total. The zero-order valence-corrected chi connectivity index (χ0v) is 11.8. The number of nitrogens with one attached hydrogen (secondary N) is 1. The number of aromatic nitrogens is 1. The van der Waals surface area contributed by atoms with Gasteiger partial charge in [0, 0.05) is 4.47 Å². The first-order chi connectivity index (χ1) is 9.77. The molecule has 0 spiro atoms. The van der Waals surface area contributed by atoms with Gasteiger partial charge in [-0.15, -0.1) is 0 Å². The van der Waals surface area contributed by atoms with E-state index in [2.05, 4.69) is 26.2 Å². The maximum atomic E-state index is 12.9. The highest BCUT2D eigenvalue weighted by molar-refractivity contribution is 9.10. The van der Waals surface area contributed by atoms with E-state index in [0.29, 0.717) is 0 Å². The van der Waals surface area contributed by atoms with Crippen LogP contribution in [-0.2, 0) is 6.18 Å². The molecule has 110 valence electrons. The van der Waals surface area contributed by atoms with Gasteiger partial charge in [-0.05, 0) is 30.3 Å². The first kappa shape index (κ1) is 15.4. The van der Waals surface area contributed by atoms with Gasteiger partial charge >= 0.3 is 6.18 Å². The van der Waals surface area contributed by atoms with Crippen LogP contribution in [0.2, 0.25) is 0 Å². The Hall–Kier alpha value is -1.96. The quantitative estimate of drug-likeness (QED) is 0.811. The number of anilines is 1. The molecule has 1 aromatic heterocycles. The van der Waals surface area contributed by atoms with Crippen molar-refractivity contribution in [2.45, 2.75) is 6.18 Å². The van der Waals surface area contributed by atoms with Gasteiger partial charge in [-0.3, -0.25) is 4.79 Å². The molecule has 1 amide bonds. The number of hydrogen-bond acceptors (Lipinski definition) is 2. The third-order valence-electron chi connectivity index (χ3n) is 2.50. The molecule has 8 heteroatoms. The third kappa shape index (κ3) is 3.78. The van der Waals surface area contributed by atoms with Crippen molar-refractivity contribution in [1.82, 2.24) is 4.98 Å². The fourth-order valence-corrected chi connectivity index (χ4v) is 1.94. The number of benzene rings is 1. The summed E-state index contributed by atoms with van der Waals surface area (Å²) in [5.74, 6) is -1.64. The van der Waals surface area contributed by atoms with E-state index in [-0.39, 0.29) is 10.3 Å². The van der Waals surface area contributed by atoms with Crippen molar-refractivity contribution in [2.24, 2.45) is 0 Å². The third-order valence-corrected chi connectivity index (χ3v) is 2.99. The lowest BCUT2D eigenvalue weighted by molar-refractivity contribution is -0.137. The normalized spacial score (nSPS) is 11.3. The number of alkyl halides is 3. The summed E-state index contributed by atoms with van der Waals surface area (Å²) < 4.78 is 51.6. The molecular formula is C13H7BrF4N2O. The molecule has 2 rings (SSSR count). The van der Waals surface area contributed by atoms with Crippen molar-refractivity contribution in [3.05, 3.63) is 57.9 Å². The molecule has 0 fully saturated rings. The zero-order chi connectivity index (χ0) is 15.6. The summed E-state index contributed by atoms with van der Waals surface area (Å²) in [6, 6.07) is 5.37. The Bertz CT molecular complexity index is 671. The molecule has 0 bridgehead atoms. The number of halogens is 5. The molecule has 3 nitrogen and oxygen atoms in total. The fraction of sp³-hybridized carbons (Fsp3) is 0.0769. The fourth-order valence-electron chi connectivity index (χ4n) is 1.58. The molecule has 0 saturated carbocycles. The molecular weight excluding hydrogens is 356 g/mol. The van der Waals surface area contributed by atoms with Crippen molar-refractivity contribution in [3.63, 3.8) is 0 Å². The van der Waals surface area contributed by atoms with E-state index in [4.69, 9.17) is 0 Å². The summed E-state index contributed by atoms with van der Waals surface area (Å²) in [7, 11) is 0. The van der Waals surface area contributed by atoms with Gasteiger partial charge in [-0.25, -0.2) is 9.37 Å². The van der Waals surface area contributed by atoms with Gasteiger partial charge in [0.05, 0.1) is 17.3 Å². The molecule has 0 aliphatic rings. The Morgan fingerprint density at radius 1 is 1.19 bits per heavy atom. The smallest absolute Gasteiger partial charge is 0.307 e. The van der Waals surface area contributed by atoms with Crippen molar-refractivity contribution >= 4 is 27.7 Å². The minimum absolute atomic E-state index is 0.0440. The standard InChI is InChI=1S/C13H7BrF4N2O/c14-7-1-3-9(10(5-7)13(16,17)18)12(21)20-11-4-2-8(15)6-19-11/h1-6H,(H,19,20,21). The lowest BCUT2D eigenvalue weighted by atomic mass is 10.1. The van der Waals surface area contributed by atoms with E-state index in [9.17, 15) is 22.4 Å². The predicted molar refractivity (Wildman–Crippen MR) is 71.3 cm³/mol. The molecule has 0 saturated heterocycles. The van der Waals surface area contributed by atoms with Gasteiger partial charge in [0.15, 0.2) is 0 Å². The summed E-state index contributed by atoms with van der Waals surface area (Å²) in [5.41, 5.74) is -1.62. The van der Waals surface area contributed by atoms with Crippen LogP contribution in [0.5, 0.6) is 0 Å². The van der Waals surface area contributed by atoms with E-state index in [1.807, 2.05) is 0 Å². The summed E-state index contributed by atoms with van der Waals surface area (Å²) in [4.78, 5) is 15.5. The molecule has 21 heavy (non-hydrogen) atoms. The number of amides is 1. The maximum Gasteiger partial charge on any atom is 0.417 e. The topological polar surface area (TPSA) is 42.0 Å². The summed E-state index contributed by atoms with van der Waals surface area (Å²) in [6.45, 7) is 0. The summed E-state index contributed by atoms with van der Waals surface area (Å²) in [5, 5.41) is 2.19. The minimum Gasteiger partial charge on any atom is -0.307 e. The molecule has 0 radical (unpaired) electrons. The minimum atomic E-state index is -4.67. The van der Waals surface area contributed by atoms with Crippen LogP contribution < -0.4 is 5.32 Å². The molecule has 1 heterocycles. The van der Waals surface area contributed by atoms with E-state index < -0.39 is 29.0 Å². The number of nitrogens with zero attached hydrogens (tertiary/aromatic N) is 1. The highest BCUT2D eigenvalue weighted by atomic mass is 79.9. The summed E-state index contributed by atoms with van der Waals surface area (Å²) >= 11 is 2.93. The van der Waals surface area contributed by atoms with Crippen molar-refractivity contribution < 1.29 is 22.4 Å². The Kier molecular flexibility index (Phi) is 4.26. The number of carbonyl (C=O) groups is 1. The highest BCUT2D eigenvalue weighted by Gasteiger charge is 2.35. The van der Waals surface area contributed by atoms with E-state index >= 15 is 0 Å². The van der Waals surface area contributed by atoms with Crippen LogP contribution in [0.1, 0.15) is 15.9 Å². The van der Waals surface area contributed by atoms with Gasteiger partial charge in [0.25, 0.3) is 5.91 Å². The molecule has 0 aliphatic heterocycles. The first-order valence-electron chi connectivity index (χ1n) is 5.57. The summed E-state index contributed by atoms with van der Waals surface area (Å²) in [6.07, 6.45) is -3.82.